The van der Waals surface area contributed by atoms with Crippen molar-refractivity contribution < 1.29 is 0 Å². The van der Waals surface area contributed by atoms with Gasteiger partial charge in [-0.2, -0.15) is 0 Å². The maximum absolute atomic E-state index is 11.4. The van der Waals surface area contributed by atoms with E-state index in [2.05, 4.69) is 20.8 Å². The van der Waals surface area contributed by atoms with Crippen molar-refractivity contribution in [2.24, 2.45) is 0 Å². The number of halogens is 1. The number of rotatable bonds is 1. The maximum atomic E-state index is 11.4. The fourth-order valence-electron chi connectivity index (χ4n) is 1.76. The van der Waals surface area contributed by atoms with Gasteiger partial charge in [-0.05, 0) is 16.5 Å². The molecule has 0 aliphatic heterocycles. The Morgan fingerprint density at radius 1 is 0.941 bits per heavy atom. The second-order valence-electron chi connectivity index (χ2n) is 5.17. The Bertz CT molecular complexity index is 624. The highest BCUT2D eigenvalue weighted by Gasteiger charge is 2.21. The molecule has 0 amide bonds. The van der Waals surface area contributed by atoms with Crippen LogP contribution < -0.4 is 10.9 Å². The summed E-state index contributed by atoms with van der Waals surface area (Å²) in [5, 5.41) is 0.0542. The molecule has 0 atom stereocenters. The van der Waals surface area contributed by atoms with Gasteiger partial charge in [-0.25, -0.2) is 0 Å². The number of hydrogen-bond acceptors (Lipinski definition) is 2. The van der Waals surface area contributed by atoms with Crippen molar-refractivity contribution in [2.75, 3.05) is 0 Å². The zero-order chi connectivity index (χ0) is 12.8. The van der Waals surface area contributed by atoms with Crippen molar-refractivity contribution in [1.82, 2.24) is 0 Å². The van der Waals surface area contributed by atoms with E-state index >= 15 is 0 Å². The molecule has 0 aromatic heterocycles. The van der Waals surface area contributed by atoms with Crippen molar-refractivity contribution in [3.8, 4) is 11.1 Å². The van der Waals surface area contributed by atoms with E-state index in [1.54, 1.807) is 0 Å². The Morgan fingerprint density at radius 3 is 1.88 bits per heavy atom. The molecule has 17 heavy (non-hydrogen) atoms. The van der Waals surface area contributed by atoms with Crippen LogP contribution in [0.3, 0.4) is 0 Å². The zero-order valence-electron chi connectivity index (χ0n) is 10.0. The molecule has 0 aliphatic carbocycles. The van der Waals surface area contributed by atoms with Gasteiger partial charge in [-0.1, -0.05) is 56.6 Å². The second-order valence-corrected chi connectivity index (χ2v) is 5.55. The van der Waals surface area contributed by atoms with Crippen molar-refractivity contribution in [3.63, 3.8) is 0 Å². The molecule has 88 valence electrons. The van der Waals surface area contributed by atoms with Gasteiger partial charge in [0.05, 0.1) is 5.56 Å². The van der Waals surface area contributed by atoms with Crippen LogP contribution in [-0.4, -0.2) is 0 Å². The SMILES string of the molecule is CC(C)(C)c1ccc(-c2c(Cl)c(=O)c2=O)cc1. The first-order valence-electron chi connectivity index (χ1n) is 5.42. The molecule has 3 heteroatoms. The molecule has 2 aromatic carbocycles. The van der Waals surface area contributed by atoms with Gasteiger partial charge < -0.3 is 0 Å². The number of benzene rings is 1. The van der Waals surface area contributed by atoms with Crippen LogP contribution in [0.15, 0.2) is 33.9 Å². The summed E-state index contributed by atoms with van der Waals surface area (Å²) in [6, 6.07) is 7.59. The summed E-state index contributed by atoms with van der Waals surface area (Å²) in [5.74, 6) is 0. The van der Waals surface area contributed by atoms with E-state index in [0.717, 1.165) is 0 Å². The van der Waals surface area contributed by atoms with Crippen LogP contribution in [0.5, 0.6) is 0 Å². The topological polar surface area (TPSA) is 34.1 Å². The monoisotopic (exact) mass is 248 g/mol. The van der Waals surface area contributed by atoms with Gasteiger partial charge in [0, 0.05) is 0 Å². The van der Waals surface area contributed by atoms with Crippen molar-refractivity contribution >= 4 is 11.6 Å². The Hall–Kier alpha value is -1.41. The van der Waals surface area contributed by atoms with E-state index < -0.39 is 10.9 Å². The molecule has 0 saturated carbocycles. The van der Waals surface area contributed by atoms with Gasteiger partial charge >= 0.3 is 0 Å². The predicted octanol–water partition coefficient (Wildman–Crippen LogP) is 2.90. The van der Waals surface area contributed by atoms with Crippen LogP contribution in [0.4, 0.5) is 0 Å². The average Bonchev–Trinajstić information content (AvgIpc) is 2.28. The Morgan fingerprint density at radius 2 is 1.47 bits per heavy atom. The quantitative estimate of drug-likeness (QED) is 0.728. The Labute approximate surface area is 105 Å². The molecule has 0 spiro atoms. The fraction of sp³-hybridized carbons (Fsp3) is 0.286. The predicted molar refractivity (Wildman–Crippen MR) is 70.5 cm³/mol. The van der Waals surface area contributed by atoms with Crippen LogP contribution in [0, 0.1) is 0 Å². The van der Waals surface area contributed by atoms with Gasteiger partial charge in [0.15, 0.2) is 0 Å². The van der Waals surface area contributed by atoms with Gasteiger partial charge in [0.25, 0.3) is 0 Å². The first-order valence-corrected chi connectivity index (χ1v) is 5.80. The lowest BCUT2D eigenvalue weighted by atomic mass is 9.86. The molecule has 2 nitrogen and oxygen atoms in total. The highest BCUT2D eigenvalue weighted by atomic mass is 35.5. The van der Waals surface area contributed by atoms with Crippen LogP contribution in [0.2, 0.25) is 5.02 Å². The van der Waals surface area contributed by atoms with Gasteiger partial charge in [-0.3, -0.25) is 9.59 Å². The molecular formula is C14H13ClO2. The first kappa shape index (κ1) is 12.1. The molecule has 0 bridgehead atoms. The lowest BCUT2D eigenvalue weighted by molar-refractivity contribution is 0.590. The molecule has 2 rings (SSSR count). The lowest BCUT2D eigenvalue weighted by Crippen LogP contribution is -2.33. The van der Waals surface area contributed by atoms with E-state index in [0.29, 0.717) is 11.1 Å². The van der Waals surface area contributed by atoms with E-state index in [1.165, 1.54) is 5.56 Å². The van der Waals surface area contributed by atoms with E-state index in [4.69, 9.17) is 11.6 Å². The average molecular weight is 249 g/mol. The summed E-state index contributed by atoms with van der Waals surface area (Å²) in [4.78, 5) is 22.4. The van der Waals surface area contributed by atoms with Crippen LogP contribution in [-0.2, 0) is 5.41 Å². The highest BCUT2D eigenvalue weighted by Crippen LogP contribution is 2.27. The molecule has 0 aliphatic rings. The molecule has 2 aromatic rings. The molecule has 0 heterocycles. The molecule has 0 unspecified atom stereocenters. The van der Waals surface area contributed by atoms with Crippen LogP contribution >= 0.6 is 11.6 Å². The minimum atomic E-state index is -0.582. The Balaban J connectivity index is 2.45. The van der Waals surface area contributed by atoms with Gasteiger partial charge in [-0.15, -0.1) is 0 Å². The first-order chi connectivity index (χ1) is 7.82. The van der Waals surface area contributed by atoms with Gasteiger partial charge in [0.1, 0.15) is 5.02 Å². The summed E-state index contributed by atoms with van der Waals surface area (Å²) in [6.07, 6.45) is 0. The summed E-state index contributed by atoms with van der Waals surface area (Å²) >= 11 is 5.73. The van der Waals surface area contributed by atoms with Gasteiger partial charge in [0.2, 0.25) is 10.9 Å². The van der Waals surface area contributed by atoms with Crippen molar-refractivity contribution in [3.05, 3.63) is 55.3 Å². The molecular weight excluding hydrogens is 236 g/mol. The van der Waals surface area contributed by atoms with Crippen molar-refractivity contribution in [1.29, 1.82) is 0 Å². The van der Waals surface area contributed by atoms with E-state index in [9.17, 15) is 9.59 Å². The highest BCUT2D eigenvalue weighted by molar-refractivity contribution is 6.34. The van der Waals surface area contributed by atoms with Crippen molar-refractivity contribution in [2.45, 2.75) is 26.2 Å². The summed E-state index contributed by atoms with van der Waals surface area (Å²) < 4.78 is 0. The summed E-state index contributed by atoms with van der Waals surface area (Å²) in [6.45, 7) is 6.35. The normalized spacial score (nSPS) is 12.0. The third-order valence-corrected chi connectivity index (χ3v) is 3.25. The van der Waals surface area contributed by atoms with Crippen LogP contribution in [0.1, 0.15) is 26.3 Å². The fourth-order valence-corrected chi connectivity index (χ4v) is 2.04. The van der Waals surface area contributed by atoms with Crippen LogP contribution in [0.25, 0.3) is 11.1 Å². The maximum Gasteiger partial charge on any atom is 0.245 e. The summed E-state index contributed by atoms with van der Waals surface area (Å²) in [7, 11) is 0. The Kier molecular flexibility index (Phi) is 2.70. The molecule has 0 fully saturated rings. The molecule has 0 N–H and O–H groups in total. The minimum Gasteiger partial charge on any atom is -0.285 e. The third-order valence-electron chi connectivity index (χ3n) is 2.89. The largest absolute Gasteiger partial charge is 0.285 e. The zero-order valence-corrected chi connectivity index (χ0v) is 10.8. The van der Waals surface area contributed by atoms with E-state index in [1.807, 2.05) is 24.3 Å². The number of hydrogen-bond donors (Lipinski definition) is 0. The smallest absolute Gasteiger partial charge is 0.245 e. The summed E-state index contributed by atoms with van der Waals surface area (Å²) in [5.41, 5.74) is 1.23. The lowest BCUT2D eigenvalue weighted by Gasteiger charge is -2.19. The third kappa shape index (κ3) is 1.93. The van der Waals surface area contributed by atoms with E-state index in [-0.39, 0.29) is 10.4 Å². The molecule has 0 radical (unpaired) electrons. The second kappa shape index (κ2) is 3.81. The standard InChI is InChI=1S/C14H13ClO2/c1-14(2,3)9-6-4-8(5-7-9)10-11(15)13(17)12(10)16/h4-7H,1-3H3. The minimum absolute atomic E-state index is 0.0542. The molecule has 0 saturated heterocycles.